The molecule has 8 nitrogen and oxygen atoms in total. The van der Waals surface area contributed by atoms with Crippen LogP contribution in [0, 0.1) is 5.92 Å². The van der Waals surface area contributed by atoms with Crippen molar-refractivity contribution in [3.8, 4) is 17.2 Å². The lowest BCUT2D eigenvalue weighted by Crippen LogP contribution is -2.25. The summed E-state index contributed by atoms with van der Waals surface area (Å²) < 4.78 is 53.6. The van der Waals surface area contributed by atoms with E-state index in [4.69, 9.17) is 42.1 Å². The monoisotopic (exact) mass is 651 g/mol. The zero-order valence-electron chi connectivity index (χ0n) is 24.7. The van der Waals surface area contributed by atoms with Crippen molar-refractivity contribution in [3.63, 3.8) is 0 Å². The molecule has 0 bridgehead atoms. The molecule has 0 amide bonds. The lowest BCUT2D eigenvalue weighted by molar-refractivity contribution is -0.153. The second-order valence-corrected chi connectivity index (χ2v) is 12.1. The number of carbonyl (C=O) groups is 2. The van der Waals surface area contributed by atoms with Gasteiger partial charge in [0, 0.05) is 24.4 Å². The maximum absolute atomic E-state index is 13.6. The van der Waals surface area contributed by atoms with Crippen molar-refractivity contribution in [2.75, 3.05) is 13.7 Å². The lowest BCUT2D eigenvalue weighted by atomic mass is 10.0. The van der Waals surface area contributed by atoms with Crippen LogP contribution in [0.3, 0.4) is 0 Å². The number of aromatic nitrogens is 1. The van der Waals surface area contributed by atoms with Gasteiger partial charge in [-0.1, -0.05) is 29.3 Å². The minimum Gasteiger partial charge on any atom is -0.496 e. The highest BCUT2D eigenvalue weighted by molar-refractivity contribution is 6.35. The number of nitrogens with zero attached hydrogens (tertiary/aromatic N) is 1. The second kappa shape index (κ2) is 14.4. The van der Waals surface area contributed by atoms with Gasteiger partial charge in [-0.3, -0.25) is 9.78 Å². The van der Waals surface area contributed by atoms with E-state index in [1.54, 1.807) is 26.8 Å². The van der Waals surface area contributed by atoms with Gasteiger partial charge in [-0.05, 0) is 81.0 Å². The first-order valence-corrected chi connectivity index (χ1v) is 14.7. The molecule has 2 aromatic carbocycles. The van der Waals surface area contributed by atoms with Crippen LogP contribution in [-0.4, -0.2) is 42.9 Å². The molecule has 1 saturated carbocycles. The number of methoxy groups -OCH3 is 1. The molecule has 0 spiro atoms. The van der Waals surface area contributed by atoms with Gasteiger partial charge in [0.15, 0.2) is 11.5 Å². The van der Waals surface area contributed by atoms with Gasteiger partial charge in [-0.25, -0.2) is 4.79 Å². The first kappa shape index (κ1) is 33.3. The zero-order chi connectivity index (χ0) is 32.0. The Morgan fingerprint density at radius 2 is 1.68 bits per heavy atom. The third-order valence-electron chi connectivity index (χ3n) is 6.59. The molecule has 1 atom stereocenters. The van der Waals surface area contributed by atoms with Crippen LogP contribution >= 0.6 is 23.2 Å². The third-order valence-corrected chi connectivity index (χ3v) is 7.24. The van der Waals surface area contributed by atoms with Crippen LogP contribution in [-0.2, 0) is 27.1 Å². The minimum atomic E-state index is -3.06. The topological polar surface area (TPSA) is 93.2 Å². The molecule has 0 radical (unpaired) electrons. The predicted molar refractivity (Wildman–Crippen MR) is 160 cm³/mol. The summed E-state index contributed by atoms with van der Waals surface area (Å²) >= 11 is 12.8. The average Bonchev–Trinajstić information content (AvgIpc) is 3.77. The molecular formula is C32H33Cl2F2NO7. The van der Waals surface area contributed by atoms with E-state index in [9.17, 15) is 18.4 Å². The maximum atomic E-state index is 13.6. The molecule has 44 heavy (non-hydrogen) atoms. The van der Waals surface area contributed by atoms with Crippen LogP contribution in [0.4, 0.5) is 8.78 Å². The smallest absolute Gasteiger partial charge is 0.387 e. The van der Waals surface area contributed by atoms with Crippen molar-refractivity contribution in [3.05, 3.63) is 81.1 Å². The summed E-state index contributed by atoms with van der Waals surface area (Å²) in [5.74, 6) is -0.538. The molecule has 1 aliphatic carbocycles. The molecule has 3 aromatic rings. The molecule has 0 unspecified atom stereocenters. The average molecular weight is 653 g/mol. The van der Waals surface area contributed by atoms with Crippen LogP contribution in [0.25, 0.3) is 0 Å². The normalized spacial score (nSPS) is 13.8. The number of hydrogen-bond acceptors (Lipinski definition) is 8. The fourth-order valence-electron chi connectivity index (χ4n) is 4.34. The Bertz CT molecular complexity index is 1470. The van der Waals surface area contributed by atoms with Crippen LogP contribution in [0.5, 0.6) is 17.2 Å². The molecule has 1 aliphatic rings. The van der Waals surface area contributed by atoms with Gasteiger partial charge in [0.25, 0.3) is 0 Å². The minimum absolute atomic E-state index is 0.0317. The highest BCUT2D eigenvalue weighted by Gasteiger charge is 2.27. The molecule has 0 aliphatic heterocycles. The van der Waals surface area contributed by atoms with E-state index in [2.05, 4.69) is 9.72 Å². The molecular weight excluding hydrogens is 619 g/mol. The van der Waals surface area contributed by atoms with Crippen LogP contribution < -0.4 is 14.2 Å². The fourth-order valence-corrected chi connectivity index (χ4v) is 4.86. The number of benzene rings is 2. The summed E-state index contributed by atoms with van der Waals surface area (Å²) in [6, 6.07) is 8.91. The Morgan fingerprint density at radius 1 is 1.00 bits per heavy atom. The van der Waals surface area contributed by atoms with Gasteiger partial charge in [-0.15, -0.1) is 0 Å². The first-order chi connectivity index (χ1) is 20.8. The van der Waals surface area contributed by atoms with E-state index >= 15 is 0 Å². The van der Waals surface area contributed by atoms with Crippen molar-refractivity contribution in [2.45, 2.75) is 64.8 Å². The van der Waals surface area contributed by atoms with Gasteiger partial charge in [0.1, 0.15) is 17.5 Å². The molecule has 0 saturated heterocycles. The Hall–Kier alpha value is -3.63. The number of pyridine rings is 1. The van der Waals surface area contributed by atoms with E-state index in [0.717, 1.165) is 12.8 Å². The fraction of sp³-hybridized carbons (Fsp3) is 0.406. The Balaban J connectivity index is 1.67. The predicted octanol–water partition coefficient (Wildman–Crippen LogP) is 7.81. The Kier molecular flexibility index (Phi) is 10.9. The molecule has 0 N–H and O–H groups in total. The van der Waals surface area contributed by atoms with Crippen molar-refractivity contribution >= 4 is 35.1 Å². The van der Waals surface area contributed by atoms with Crippen LogP contribution in [0.2, 0.25) is 10.0 Å². The lowest BCUT2D eigenvalue weighted by Gasteiger charge is -2.22. The summed E-state index contributed by atoms with van der Waals surface area (Å²) in [4.78, 5) is 30.1. The zero-order valence-corrected chi connectivity index (χ0v) is 26.2. The number of ether oxygens (including phenoxy) is 5. The van der Waals surface area contributed by atoms with E-state index < -0.39 is 30.3 Å². The second-order valence-electron chi connectivity index (χ2n) is 11.3. The van der Waals surface area contributed by atoms with Gasteiger partial charge in [0.2, 0.25) is 0 Å². The summed E-state index contributed by atoms with van der Waals surface area (Å²) in [5, 5.41) is 0.510. The Morgan fingerprint density at radius 3 is 2.30 bits per heavy atom. The number of halogens is 4. The highest BCUT2D eigenvalue weighted by Crippen LogP contribution is 2.38. The number of rotatable bonds is 13. The van der Waals surface area contributed by atoms with Crippen molar-refractivity contribution in [1.29, 1.82) is 0 Å². The number of carbonyl (C=O) groups excluding carboxylic acids is 2. The highest BCUT2D eigenvalue weighted by atomic mass is 35.5. The van der Waals surface area contributed by atoms with Gasteiger partial charge < -0.3 is 23.7 Å². The van der Waals surface area contributed by atoms with E-state index in [1.807, 2.05) is 0 Å². The summed E-state index contributed by atoms with van der Waals surface area (Å²) in [7, 11) is 1.45. The largest absolute Gasteiger partial charge is 0.496 e. The molecule has 12 heteroatoms. The standard InChI is InChI=1S/C32H33Cl2F2NO7/c1-32(2,3)44-29(38)13-21-11-20(8-9-25(21)40-4)30(39)42-27(14-22-23(33)15-37-16-24(22)34)19-7-10-26(43-31(35)36)28(12-19)41-17-18-5-6-18/h7-12,15-16,18,27,31H,5-6,13-14,17H2,1-4H3/t27-/m0/s1. The van der Waals surface area contributed by atoms with Gasteiger partial charge in [-0.2, -0.15) is 8.78 Å². The maximum Gasteiger partial charge on any atom is 0.387 e. The molecule has 1 aromatic heterocycles. The van der Waals surface area contributed by atoms with Gasteiger partial charge in [0.05, 0.1) is 35.7 Å². The van der Waals surface area contributed by atoms with E-state index in [0.29, 0.717) is 35.0 Å². The quantitative estimate of drug-likeness (QED) is 0.173. The SMILES string of the molecule is COc1ccc(C(=O)O[C@@H](Cc2c(Cl)cncc2Cl)c2ccc(OC(F)F)c(OCC3CC3)c2)cc1CC(=O)OC(C)(C)C. The number of esters is 2. The molecule has 1 heterocycles. The summed E-state index contributed by atoms with van der Waals surface area (Å²) in [6.45, 7) is 2.54. The molecule has 1 fully saturated rings. The third kappa shape index (κ3) is 9.43. The first-order valence-electron chi connectivity index (χ1n) is 13.9. The number of hydrogen-bond donors (Lipinski definition) is 0. The van der Waals surface area contributed by atoms with Gasteiger partial charge >= 0.3 is 18.6 Å². The molecule has 4 rings (SSSR count). The summed E-state index contributed by atoms with van der Waals surface area (Å²) in [6.07, 6.45) is 3.71. The van der Waals surface area contributed by atoms with Crippen LogP contribution in [0.15, 0.2) is 48.8 Å². The Labute approximate surface area is 264 Å². The van der Waals surface area contributed by atoms with E-state index in [-0.39, 0.29) is 39.9 Å². The summed E-state index contributed by atoms with van der Waals surface area (Å²) in [5.41, 5.74) is 0.772. The van der Waals surface area contributed by atoms with E-state index in [1.165, 1.54) is 49.8 Å². The number of alkyl halides is 2. The van der Waals surface area contributed by atoms with Crippen molar-refractivity contribution in [2.24, 2.45) is 5.92 Å². The molecule has 236 valence electrons. The van der Waals surface area contributed by atoms with Crippen molar-refractivity contribution in [1.82, 2.24) is 4.98 Å². The van der Waals surface area contributed by atoms with Crippen molar-refractivity contribution < 1.29 is 42.1 Å². The van der Waals surface area contributed by atoms with Crippen LogP contribution in [0.1, 0.15) is 66.8 Å².